The summed E-state index contributed by atoms with van der Waals surface area (Å²) in [5.74, 6) is -0.351. The van der Waals surface area contributed by atoms with E-state index in [0.717, 1.165) is 43.2 Å². The highest BCUT2D eigenvalue weighted by atomic mass is 32.1. The van der Waals surface area contributed by atoms with E-state index in [1.54, 1.807) is 0 Å². The maximum absolute atomic E-state index is 13.3. The Morgan fingerprint density at radius 2 is 1.67 bits per heavy atom. The van der Waals surface area contributed by atoms with Gasteiger partial charge < -0.3 is 9.80 Å². The highest BCUT2D eigenvalue weighted by molar-refractivity contribution is 7.11. The van der Waals surface area contributed by atoms with Gasteiger partial charge in [-0.3, -0.25) is 14.5 Å². The number of piperazine rings is 1. The van der Waals surface area contributed by atoms with Crippen LogP contribution in [-0.2, 0) is 16.1 Å². The molecule has 27 heavy (non-hydrogen) atoms. The fraction of sp³-hybridized carbons (Fsp3) is 0.333. The average molecular weight is 382 g/mol. The van der Waals surface area contributed by atoms with Gasteiger partial charge in [0.1, 0.15) is 5.70 Å². The van der Waals surface area contributed by atoms with Crippen molar-refractivity contribution in [1.82, 2.24) is 14.7 Å². The normalized spacial score (nSPS) is 18.7. The Morgan fingerprint density at radius 1 is 0.926 bits per heavy atom. The lowest BCUT2D eigenvalue weighted by Gasteiger charge is -2.35. The first-order valence-electron chi connectivity index (χ1n) is 9.34. The number of nitrogens with zero attached hydrogens (tertiary/aromatic N) is 3. The molecule has 2 aliphatic heterocycles. The van der Waals surface area contributed by atoms with Crippen molar-refractivity contribution in [3.63, 3.8) is 0 Å². The molecule has 1 fully saturated rings. The molecular weight excluding hydrogens is 358 g/mol. The van der Waals surface area contributed by atoms with Crippen LogP contribution >= 0.6 is 11.3 Å². The summed E-state index contributed by atoms with van der Waals surface area (Å²) in [6.07, 6.45) is 0. The SMILES string of the molecule is CCN1CCN(C2=C(c3cccs3)C(=O)N(Cc3ccccc3)C2=O)CC1. The molecule has 4 rings (SSSR count). The molecule has 2 aliphatic rings. The van der Waals surface area contributed by atoms with Gasteiger partial charge in [0, 0.05) is 31.1 Å². The molecule has 5 nitrogen and oxygen atoms in total. The van der Waals surface area contributed by atoms with Gasteiger partial charge in [0.15, 0.2) is 0 Å². The molecule has 2 aromatic rings. The Bertz CT molecular complexity index is 853. The van der Waals surface area contributed by atoms with Crippen LogP contribution in [0.4, 0.5) is 0 Å². The number of thiophene rings is 1. The van der Waals surface area contributed by atoms with E-state index in [4.69, 9.17) is 0 Å². The Hall–Kier alpha value is -2.44. The Balaban J connectivity index is 1.66. The standard InChI is InChI=1S/C21H23N3O2S/c1-2-22-10-12-23(13-11-22)19-18(17-9-6-14-27-17)20(25)24(21(19)26)15-16-7-4-3-5-8-16/h3-9,14H,2,10-13,15H2,1H3. The van der Waals surface area contributed by atoms with E-state index in [2.05, 4.69) is 16.7 Å². The van der Waals surface area contributed by atoms with Crippen LogP contribution in [0.3, 0.4) is 0 Å². The summed E-state index contributed by atoms with van der Waals surface area (Å²) in [6, 6.07) is 13.5. The van der Waals surface area contributed by atoms with Crippen LogP contribution in [0.2, 0.25) is 0 Å². The molecule has 3 heterocycles. The van der Waals surface area contributed by atoms with Gasteiger partial charge in [-0.2, -0.15) is 0 Å². The predicted molar refractivity (Wildman–Crippen MR) is 107 cm³/mol. The van der Waals surface area contributed by atoms with E-state index in [1.165, 1.54) is 16.2 Å². The second-order valence-corrected chi connectivity index (χ2v) is 7.75. The monoisotopic (exact) mass is 381 g/mol. The largest absolute Gasteiger partial charge is 0.364 e. The number of hydrogen-bond donors (Lipinski definition) is 0. The van der Waals surface area contributed by atoms with E-state index in [-0.39, 0.29) is 11.8 Å². The number of carbonyl (C=O) groups excluding carboxylic acids is 2. The zero-order valence-electron chi connectivity index (χ0n) is 15.4. The molecule has 0 atom stereocenters. The van der Waals surface area contributed by atoms with E-state index in [9.17, 15) is 9.59 Å². The first-order valence-corrected chi connectivity index (χ1v) is 10.2. The Kier molecular flexibility index (Phi) is 5.09. The summed E-state index contributed by atoms with van der Waals surface area (Å²) >= 11 is 1.51. The Labute approximate surface area is 163 Å². The molecule has 0 spiro atoms. The number of likely N-dealkylation sites (N-methyl/N-ethyl adjacent to an activating group) is 1. The van der Waals surface area contributed by atoms with Crippen molar-refractivity contribution >= 4 is 28.7 Å². The number of carbonyl (C=O) groups is 2. The quantitative estimate of drug-likeness (QED) is 0.747. The Morgan fingerprint density at radius 3 is 2.30 bits per heavy atom. The van der Waals surface area contributed by atoms with Crippen molar-refractivity contribution in [2.75, 3.05) is 32.7 Å². The van der Waals surface area contributed by atoms with Crippen molar-refractivity contribution in [2.24, 2.45) is 0 Å². The van der Waals surface area contributed by atoms with Crippen LogP contribution in [0.25, 0.3) is 5.57 Å². The first kappa shape index (κ1) is 17.9. The zero-order chi connectivity index (χ0) is 18.8. The van der Waals surface area contributed by atoms with E-state index >= 15 is 0 Å². The third-order valence-corrected chi connectivity index (χ3v) is 6.12. The second-order valence-electron chi connectivity index (χ2n) is 6.80. The summed E-state index contributed by atoms with van der Waals surface area (Å²) in [7, 11) is 0. The fourth-order valence-corrected chi connectivity index (χ4v) is 4.46. The van der Waals surface area contributed by atoms with Crippen LogP contribution in [0.15, 0.2) is 53.5 Å². The molecule has 1 aromatic carbocycles. The van der Waals surface area contributed by atoms with Gasteiger partial charge >= 0.3 is 0 Å². The average Bonchev–Trinajstić information content (AvgIpc) is 3.31. The van der Waals surface area contributed by atoms with Gasteiger partial charge in [0.2, 0.25) is 0 Å². The maximum atomic E-state index is 13.3. The summed E-state index contributed by atoms with van der Waals surface area (Å²) in [4.78, 5) is 33.2. The molecule has 1 saturated heterocycles. The third-order valence-electron chi connectivity index (χ3n) is 5.23. The zero-order valence-corrected chi connectivity index (χ0v) is 16.2. The predicted octanol–water partition coefficient (Wildman–Crippen LogP) is 2.67. The van der Waals surface area contributed by atoms with Gasteiger partial charge in [-0.1, -0.05) is 43.3 Å². The van der Waals surface area contributed by atoms with Crippen LogP contribution in [0.5, 0.6) is 0 Å². The van der Waals surface area contributed by atoms with Crippen molar-refractivity contribution in [1.29, 1.82) is 0 Å². The lowest BCUT2D eigenvalue weighted by atomic mass is 10.1. The summed E-state index contributed by atoms with van der Waals surface area (Å²) in [5, 5.41) is 1.95. The maximum Gasteiger partial charge on any atom is 0.278 e. The minimum absolute atomic E-state index is 0.169. The molecule has 0 N–H and O–H groups in total. The van der Waals surface area contributed by atoms with Gasteiger partial charge in [0.25, 0.3) is 11.8 Å². The molecular formula is C21H23N3O2S. The van der Waals surface area contributed by atoms with Crippen molar-refractivity contribution in [3.05, 3.63) is 64.0 Å². The van der Waals surface area contributed by atoms with Crippen LogP contribution in [-0.4, -0.2) is 59.2 Å². The van der Waals surface area contributed by atoms with Crippen LogP contribution in [0, 0.1) is 0 Å². The van der Waals surface area contributed by atoms with Gasteiger partial charge in [-0.05, 0) is 23.6 Å². The molecule has 140 valence electrons. The number of imide groups is 1. The van der Waals surface area contributed by atoms with Gasteiger partial charge in [-0.25, -0.2) is 0 Å². The molecule has 0 radical (unpaired) electrons. The highest BCUT2D eigenvalue weighted by Crippen LogP contribution is 2.35. The van der Waals surface area contributed by atoms with Crippen molar-refractivity contribution < 1.29 is 9.59 Å². The highest BCUT2D eigenvalue weighted by Gasteiger charge is 2.42. The van der Waals surface area contributed by atoms with E-state index in [0.29, 0.717) is 17.8 Å². The topological polar surface area (TPSA) is 43.9 Å². The van der Waals surface area contributed by atoms with Gasteiger partial charge in [0.05, 0.1) is 12.1 Å². The second kappa shape index (κ2) is 7.66. The fourth-order valence-electron chi connectivity index (χ4n) is 3.70. The summed E-state index contributed by atoms with van der Waals surface area (Å²) in [6.45, 7) is 6.85. The van der Waals surface area contributed by atoms with Crippen LogP contribution < -0.4 is 0 Å². The van der Waals surface area contributed by atoms with Crippen molar-refractivity contribution in [2.45, 2.75) is 13.5 Å². The van der Waals surface area contributed by atoms with E-state index in [1.807, 2.05) is 47.8 Å². The number of benzene rings is 1. The molecule has 0 aliphatic carbocycles. The van der Waals surface area contributed by atoms with Crippen molar-refractivity contribution in [3.8, 4) is 0 Å². The smallest absolute Gasteiger partial charge is 0.278 e. The minimum atomic E-state index is -0.181. The lowest BCUT2D eigenvalue weighted by molar-refractivity contribution is -0.138. The van der Waals surface area contributed by atoms with E-state index < -0.39 is 0 Å². The minimum Gasteiger partial charge on any atom is -0.364 e. The molecule has 2 amide bonds. The molecule has 6 heteroatoms. The molecule has 1 aromatic heterocycles. The third kappa shape index (κ3) is 3.42. The molecule has 0 saturated carbocycles. The number of hydrogen-bond acceptors (Lipinski definition) is 5. The summed E-state index contributed by atoms with van der Waals surface area (Å²) < 4.78 is 0. The molecule has 0 unspecified atom stereocenters. The van der Waals surface area contributed by atoms with Crippen LogP contribution in [0.1, 0.15) is 17.4 Å². The number of amides is 2. The molecule has 0 bridgehead atoms. The van der Waals surface area contributed by atoms with Gasteiger partial charge in [-0.15, -0.1) is 11.3 Å². The lowest BCUT2D eigenvalue weighted by Crippen LogP contribution is -2.47. The number of rotatable bonds is 5. The first-order chi connectivity index (χ1) is 13.2. The summed E-state index contributed by atoms with van der Waals surface area (Å²) in [5.41, 5.74) is 2.10.